The first-order valence-electron chi connectivity index (χ1n) is 5.59. The number of pyridine rings is 1. The highest BCUT2D eigenvalue weighted by atomic mass is 16.4. The zero-order valence-electron chi connectivity index (χ0n) is 9.54. The molecule has 1 heterocycles. The number of aliphatic carboxylic acids is 1. The van der Waals surface area contributed by atoms with Crippen molar-refractivity contribution in [2.45, 2.75) is 13.3 Å². The number of carboxylic acids is 1. The maximum atomic E-state index is 12.1. The van der Waals surface area contributed by atoms with E-state index in [4.69, 9.17) is 5.11 Å². The SMILES string of the molecule is CCN(C(=O)[C@@H]1C[C@@H]1C(=O)O)c1ccncc1. The highest BCUT2D eigenvalue weighted by Gasteiger charge is 2.49. The predicted molar refractivity (Wildman–Crippen MR) is 61.5 cm³/mol. The first-order valence-corrected chi connectivity index (χ1v) is 5.59. The van der Waals surface area contributed by atoms with Crippen molar-refractivity contribution in [3.8, 4) is 0 Å². The molecular formula is C12H14N2O3. The Labute approximate surface area is 99.1 Å². The summed E-state index contributed by atoms with van der Waals surface area (Å²) in [6, 6.07) is 3.50. The average molecular weight is 234 g/mol. The molecule has 5 heteroatoms. The Morgan fingerprint density at radius 2 is 2.06 bits per heavy atom. The molecule has 2 atom stereocenters. The van der Waals surface area contributed by atoms with Crippen LogP contribution in [0.3, 0.4) is 0 Å². The Morgan fingerprint density at radius 3 is 2.53 bits per heavy atom. The van der Waals surface area contributed by atoms with Gasteiger partial charge in [-0.15, -0.1) is 0 Å². The number of hydrogen-bond acceptors (Lipinski definition) is 3. The fourth-order valence-electron chi connectivity index (χ4n) is 1.93. The molecule has 0 aliphatic heterocycles. The van der Waals surface area contributed by atoms with E-state index < -0.39 is 11.9 Å². The molecule has 0 aromatic carbocycles. The molecule has 1 aliphatic carbocycles. The molecule has 0 saturated heterocycles. The van der Waals surface area contributed by atoms with E-state index in [1.165, 1.54) is 0 Å². The molecule has 0 unspecified atom stereocenters. The Bertz CT molecular complexity index is 433. The second-order valence-electron chi connectivity index (χ2n) is 4.07. The molecule has 1 N–H and O–H groups in total. The maximum Gasteiger partial charge on any atom is 0.307 e. The van der Waals surface area contributed by atoms with Crippen LogP contribution in [0.5, 0.6) is 0 Å². The van der Waals surface area contributed by atoms with Crippen molar-refractivity contribution in [2.24, 2.45) is 11.8 Å². The van der Waals surface area contributed by atoms with E-state index in [2.05, 4.69) is 4.98 Å². The van der Waals surface area contributed by atoms with Crippen LogP contribution >= 0.6 is 0 Å². The quantitative estimate of drug-likeness (QED) is 0.848. The van der Waals surface area contributed by atoms with Crippen LogP contribution in [0.4, 0.5) is 5.69 Å². The van der Waals surface area contributed by atoms with Crippen molar-refractivity contribution in [3.63, 3.8) is 0 Å². The van der Waals surface area contributed by atoms with Crippen LogP contribution in [0.15, 0.2) is 24.5 Å². The van der Waals surface area contributed by atoms with Gasteiger partial charge in [-0.3, -0.25) is 14.6 Å². The highest BCUT2D eigenvalue weighted by Crippen LogP contribution is 2.40. The summed E-state index contributed by atoms with van der Waals surface area (Å²) in [4.78, 5) is 28.3. The third-order valence-corrected chi connectivity index (χ3v) is 2.98. The van der Waals surface area contributed by atoms with Crippen LogP contribution in [0.2, 0.25) is 0 Å². The predicted octanol–water partition coefficient (Wildman–Crippen LogP) is 1.16. The number of nitrogens with zero attached hydrogens (tertiary/aromatic N) is 2. The Balaban J connectivity index is 2.10. The minimum Gasteiger partial charge on any atom is -0.481 e. The van der Waals surface area contributed by atoms with Crippen LogP contribution in [-0.4, -0.2) is 28.5 Å². The Hall–Kier alpha value is -1.91. The summed E-state index contributed by atoms with van der Waals surface area (Å²) in [5.41, 5.74) is 0.767. The molecule has 2 rings (SSSR count). The zero-order chi connectivity index (χ0) is 12.4. The van der Waals surface area contributed by atoms with Crippen molar-refractivity contribution < 1.29 is 14.7 Å². The molecule has 1 aromatic rings. The third-order valence-electron chi connectivity index (χ3n) is 2.98. The van der Waals surface area contributed by atoms with E-state index in [1.807, 2.05) is 6.92 Å². The van der Waals surface area contributed by atoms with Crippen LogP contribution in [0.1, 0.15) is 13.3 Å². The largest absolute Gasteiger partial charge is 0.481 e. The molecule has 1 aliphatic rings. The lowest BCUT2D eigenvalue weighted by Gasteiger charge is -2.20. The molecule has 0 bridgehead atoms. The van der Waals surface area contributed by atoms with Gasteiger partial charge in [0.15, 0.2) is 0 Å². The monoisotopic (exact) mass is 234 g/mol. The van der Waals surface area contributed by atoms with Gasteiger partial charge in [0.2, 0.25) is 5.91 Å². The molecule has 0 radical (unpaired) electrons. The van der Waals surface area contributed by atoms with Gasteiger partial charge in [0, 0.05) is 24.6 Å². The van der Waals surface area contributed by atoms with E-state index in [9.17, 15) is 9.59 Å². The fraction of sp³-hybridized carbons (Fsp3) is 0.417. The van der Waals surface area contributed by atoms with E-state index >= 15 is 0 Å². The molecule has 1 aromatic heterocycles. The summed E-state index contributed by atoms with van der Waals surface area (Å²) in [5.74, 6) is -1.85. The van der Waals surface area contributed by atoms with Crippen molar-refractivity contribution in [1.82, 2.24) is 4.98 Å². The minimum atomic E-state index is -0.880. The highest BCUT2D eigenvalue weighted by molar-refractivity contribution is 5.99. The van der Waals surface area contributed by atoms with Crippen LogP contribution in [0, 0.1) is 11.8 Å². The lowest BCUT2D eigenvalue weighted by Crippen LogP contribution is -2.32. The van der Waals surface area contributed by atoms with E-state index in [1.54, 1.807) is 29.4 Å². The van der Waals surface area contributed by atoms with Gasteiger partial charge >= 0.3 is 5.97 Å². The number of carboxylic acid groups (broad SMARTS) is 1. The maximum absolute atomic E-state index is 12.1. The standard InChI is InChI=1S/C12H14N2O3/c1-2-14(8-3-5-13-6-4-8)11(15)9-7-10(9)12(16)17/h3-6,9-10H,2,7H2,1H3,(H,16,17)/t9-,10+/m1/s1. The smallest absolute Gasteiger partial charge is 0.307 e. The number of carbonyl (C=O) groups excluding carboxylic acids is 1. The number of aromatic nitrogens is 1. The second kappa shape index (κ2) is 4.53. The fourth-order valence-corrected chi connectivity index (χ4v) is 1.93. The number of anilines is 1. The van der Waals surface area contributed by atoms with Crippen molar-refractivity contribution in [2.75, 3.05) is 11.4 Å². The summed E-state index contributed by atoms with van der Waals surface area (Å²) in [7, 11) is 0. The molecule has 1 fully saturated rings. The van der Waals surface area contributed by atoms with Gasteiger partial charge in [0.25, 0.3) is 0 Å². The molecule has 17 heavy (non-hydrogen) atoms. The summed E-state index contributed by atoms with van der Waals surface area (Å²) in [6.45, 7) is 2.40. The van der Waals surface area contributed by atoms with Crippen molar-refractivity contribution in [1.29, 1.82) is 0 Å². The molecule has 1 saturated carbocycles. The van der Waals surface area contributed by atoms with Gasteiger partial charge in [-0.05, 0) is 25.5 Å². The minimum absolute atomic E-state index is 0.105. The van der Waals surface area contributed by atoms with Crippen LogP contribution < -0.4 is 4.90 Å². The number of amides is 1. The first-order chi connectivity index (χ1) is 8.15. The Kier molecular flexibility index (Phi) is 3.08. The topological polar surface area (TPSA) is 70.5 Å². The van der Waals surface area contributed by atoms with Gasteiger partial charge in [-0.2, -0.15) is 0 Å². The lowest BCUT2D eigenvalue weighted by molar-refractivity contribution is -0.140. The molecular weight excluding hydrogens is 220 g/mol. The summed E-state index contributed by atoms with van der Waals surface area (Å²) in [5, 5.41) is 8.82. The summed E-state index contributed by atoms with van der Waals surface area (Å²) >= 11 is 0. The molecule has 1 amide bonds. The van der Waals surface area contributed by atoms with Crippen molar-refractivity contribution in [3.05, 3.63) is 24.5 Å². The lowest BCUT2D eigenvalue weighted by atomic mass is 10.2. The van der Waals surface area contributed by atoms with E-state index in [0.717, 1.165) is 5.69 Å². The summed E-state index contributed by atoms with van der Waals surface area (Å²) in [6.07, 6.45) is 3.69. The van der Waals surface area contributed by atoms with E-state index in [0.29, 0.717) is 13.0 Å². The molecule has 90 valence electrons. The van der Waals surface area contributed by atoms with Crippen LogP contribution in [0.25, 0.3) is 0 Å². The number of rotatable bonds is 4. The first kappa shape index (κ1) is 11.6. The van der Waals surface area contributed by atoms with Gasteiger partial charge < -0.3 is 10.0 Å². The number of carbonyl (C=O) groups is 2. The molecule has 0 spiro atoms. The third kappa shape index (κ3) is 2.27. The van der Waals surface area contributed by atoms with Gasteiger partial charge in [-0.1, -0.05) is 0 Å². The number of hydrogen-bond donors (Lipinski definition) is 1. The zero-order valence-corrected chi connectivity index (χ0v) is 9.54. The summed E-state index contributed by atoms with van der Waals surface area (Å²) < 4.78 is 0. The average Bonchev–Trinajstić information content (AvgIpc) is 3.11. The van der Waals surface area contributed by atoms with Gasteiger partial charge in [0.1, 0.15) is 0 Å². The van der Waals surface area contributed by atoms with E-state index in [-0.39, 0.29) is 11.8 Å². The second-order valence-corrected chi connectivity index (χ2v) is 4.07. The Morgan fingerprint density at radius 1 is 1.41 bits per heavy atom. The molecule has 5 nitrogen and oxygen atoms in total. The van der Waals surface area contributed by atoms with Gasteiger partial charge in [-0.25, -0.2) is 0 Å². The van der Waals surface area contributed by atoms with Crippen LogP contribution in [-0.2, 0) is 9.59 Å². The normalized spacial score (nSPS) is 21.9. The van der Waals surface area contributed by atoms with Gasteiger partial charge in [0.05, 0.1) is 11.8 Å². The van der Waals surface area contributed by atoms with Crippen molar-refractivity contribution >= 4 is 17.6 Å².